The lowest BCUT2D eigenvalue weighted by atomic mass is 10.1. The molecule has 104 valence electrons. The summed E-state index contributed by atoms with van der Waals surface area (Å²) in [5, 5.41) is 0. The van der Waals surface area contributed by atoms with Gasteiger partial charge in [0.15, 0.2) is 0 Å². The van der Waals surface area contributed by atoms with E-state index in [4.69, 9.17) is 9.47 Å². The summed E-state index contributed by atoms with van der Waals surface area (Å²) in [6, 6.07) is 7.72. The molecule has 0 N–H and O–H groups in total. The molecule has 0 bridgehead atoms. The number of hydrogen-bond donors (Lipinski definition) is 0. The maximum atomic E-state index is 11.7. The van der Waals surface area contributed by atoms with Gasteiger partial charge in [-0.3, -0.25) is 0 Å². The van der Waals surface area contributed by atoms with Crippen LogP contribution in [-0.2, 0) is 11.2 Å². The summed E-state index contributed by atoms with van der Waals surface area (Å²) in [6.07, 6.45) is 4.84. The Morgan fingerprint density at radius 2 is 1.95 bits per heavy atom. The van der Waals surface area contributed by atoms with E-state index in [1.807, 2.05) is 31.2 Å². The van der Waals surface area contributed by atoms with Crippen LogP contribution in [0.4, 0.5) is 0 Å². The Hall–Kier alpha value is -2.43. The first-order valence-electron chi connectivity index (χ1n) is 6.44. The molecule has 0 saturated heterocycles. The monoisotopic (exact) mass is 272 g/mol. The number of aromatic nitrogens is 2. The molecule has 0 aliphatic carbocycles. The molecule has 5 heteroatoms. The highest BCUT2D eigenvalue weighted by atomic mass is 16.5. The molecule has 0 spiro atoms. The summed E-state index contributed by atoms with van der Waals surface area (Å²) in [5.74, 6) is 0.411. The van der Waals surface area contributed by atoms with Crippen molar-refractivity contribution >= 4 is 5.97 Å². The van der Waals surface area contributed by atoms with Gasteiger partial charge in [0.1, 0.15) is 12.1 Å². The molecule has 2 aromatic rings. The Labute approximate surface area is 117 Å². The van der Waals surface area contributed by atoms with E-state index in [0.717, 1.165) is 11.3 Å². The first-order valence-corrected chi connectivity index (χ1v) is 6.44. The van der Waals surface area contributed by atoms with Crippen LogP contribution in [-0.4, -0.2) is 29.2 Å². The first-order chi connectivity index (χ1) is 9.81. The molecule has 2 rings (SSSR count). The standard InChI is InChI=1S/C15H16N2O3/c1-2-19-14-6-4-3-5-12(14)7-8-20-15(18)13-9-16-11-17-10-13/h3-6,9-11H,2,7-8H2,1H3. The predicted octanol–water partition coefficient (Wildman–Crippen LogP) is 2.27. The van der Waals surface area contributed by atoms with Gasteiger partial charge in [0.05, 0.1) is 18.8 Å². The van der Waals surface area contributed by atoms with Crippen molar-refractivity contribution in [1.29, 1.82) is 0 Å². The van der Waals surface area contributed by atoms with Crippen LogP contribution in [0.5, 0.6) is 5.75 Å². The SMILES string of the molecule is CCOc1ccccc1CCOC(=O)c1cncnc1. The maximum absolute atomic E-state index is 11.7. The van der Waals surface area contributed by atoms with E-state index in [2.05, 4.69) is 9.97 Å². The van der Waals surface area contributed by atoms with Crippen LogP contribution in [0.3, 0.4) is 0 Å². The highest BCUT2D eigenvalue weighted by molar-refractivity contribution is 5.88. The smallest absolute Gasteiger partial charge is 0.341 e. The zero-order chi connectivity index (χ0) is 14.2. The third-order valence-corrected chi connectivity index (χ3v) is 2.67. The molecule has 0 atom stereocenters. The zero-order valence-corrected chi connectivity index (χ0v) is 11.3. The Morgan fingerprint density at radius 3 is 2.70 bits per heavy atom. The number of rotatable bonds is 6. The van der Waals surface area contributed by atoms with Gasteiger partial charge in [-0.1, -0.05) is 18.2 Å². The maximum Gasteiger partial charge on any atom is 0.341 e. The Balaban J connectivity index is 1.89. The van der Waals surface area contributed by atoms with Crippen molar-refractivity contribution < 1.29 is 14.3 Å². The van der Waals surface area contributed by atoms with Gasteiger partial charge in [-0.2, -0.15) is 0 Å². The van der Waals surface area contributed by atoms with Crippen LogP contribution in [0.25, 0.3) is 0 Å². The van der Waals surface area contributed by atoms with Crippen LogP contribution >= 0.6 is 0 Å². The van der Waals surface area contributed by atoms with Gasteiger partial charge in [0, 0.05) is 18.8 Å². The fourth-order valence-corrected chi connectivity index (χ4v) is 1.75. The number of carbonyl (C=O) groups is 1. The average Bonchev–Trinajstić information content (AvgIpc) is 2.50. The number of hydrogen-bond acceptors (Lipinski definition) is 5. The second kappa shape index (κ2) is 7.23. The van der Waals surface area contributed by atoms with Crippen LogP contribution in [0.2, 0.25) is 0 Å². The summed E-state index contributed by atoms with van der Waals surface area (Å²) >= 11 is 0. The molecular weight excluding hydrogens is 256 g/mol. The predicted molar refractivity (Wildman–Crippen MR) is 73.6 cm³/mol. The fraction of sp³-hybridized carbons (Fsp3) is 0.267. The van der Waals surface area contributed by atoms with E-state index in [1.54, 1.807) is 0 Å². The first kappa shape index (κ1) is 14.0. The summed E-state index contributed by atoms with van der Waals surface area (Å²) < 4.78 is 10.7. The molecule has 5 nitrogen and oxygen atoms in total. The van der Waals surface area contributed by atoms with Crippen molar-refractivity contribution in [3.63, 3.8) is 0 Å². The number of ether oxygens (including phenoxy) is 2. The third kappa shape index (κ3) is 3.78. The second-order valence-corrected chi connectivity index (χ2v) is 4.05. The summed E-state index contributed by atoms with van der Waals surface area (Å²) in [5.41, 5.74) is 1.37. The van der Waals surface area contributed by atoms with E-state index >= 15 is 0 Å². The largest absolute Gasteiger partial charge is 0.494 e. The summed E-state index contributed by atoms with van der Waals surface area (Å²) in [6.45, 7) is 2.84. The lowest BCUT2D eigenvalue weighted by Crippen LogP contribution is -2.09. The van der Waals surface area contributed by atoms with Gasteiger partial charge in [0.2, 0.25) is 0 Å². The minimum atomic E-state index is -0.417. The molecule has 0 fully saturated rings. The molecule has 20 heavy (non-hydrogen) atoms. The van der Waals surface area contributed by atoms with Crippen molar-refractivity contribution in [2.75, 3.05) is 13.2 Å². The molecule has 0 aliphatic heterocycles. The van der Waals surface area contributed by atoms with Gasteiger partial charge in [-0.15, -0.1) is 0 Å². The normalized spacial score (nSPS) is 10.1. The number of carbonyl (C=O) groups excluding carboxylic acids is 1. The fourth-order valence-electron chi connectivity index (χ4n) is 1.75. The summed E-state index contributed by atoms with van der Waals surface area (Å²) in [7, 11) is 0. The highest BCUT2D eigenvalue weighted by Crippen LogP contribution is 2.18. The Bertz CT molecular complexity index is 558. The number of benzene rings is 1. The van der Waals surface area contributed by atoms with E-state index in [1.165, 1.54) is 18.7 Å². The van der Waals surface area contributed by atoms with E-state index in [-0.39, 0.29) is 6.61 Å². The lowest BCUT2D eigenvalue weighted by molar-refractivity contribution is 0.0507. The molecule has 0 saturated carbocycles. The van der Waals surface area contributed by atoms with Crippen molar-refractivity contribution in [2.24, 2.45) is 0 Å². The van der Waals surface area contributed by atoms with E-state index in [0.29, 0.717) is 18.6 Å². The molecule has 1 aromatic carbocycles. The summed E-state index contributed by atoms with van der Waals surface area (Å²) in [4.78, 5) is 19.3. The van der Waals surface area contributed by atoms with E-state index in [9.17, 15) is 4.79 Å². The Kier molecular flexibility index (Phi) is 5.06. The van der Waals surface area contributed by atoms with Gasteiger partial charge >= 0.3 is 5.97 Å². The quantitative estimate of drug-likeness (QED) is 0.755. The van der Waals surface area contributed by atoms with Gasteiger partial charge < -0.3 is 9.47 Å². The van der Waals surface area contributed by atoms with Gasteiger partial charge in [-0.05, 0) is 18.6 Å². The molecule has 0 amide bonds. The van der Waals surface area contributed by atoms with E-state index < -0.39 is 5.97 Å². The molecular formula is C15H16N2O3. The second-order valence-electron chi connectivity index (χ2n) is 4.05. The Morgan fingerprint density at radius 1 is 1.20 bits per heavy atom. The molecule has 0 aliphatic rings. The molecule has 0 unspecified atom stereocenters. The number of esters is 1. The topological polar surface area (TPSA) is 61.3 Å². The van der Waals surface area contributed by atoms with Crippen LogP contribution in [0, 0.1) is 0 Å². The number of nitrogens with zero attached hydrogens (tertiary/aromatic N) is 2. The minimum absolute atomic E-state index is 0.289. The molecule has 1 aromatic heterocycles. The van der Waals surface area contributed by atoms with Gasteiger partial charge in [0.25, 0.3) is 0 Å². The average molecular weight is 272 g/mol. The van der Waals surface area contributed by atoms with Crippen molar-refractivity contribution in [1.82, 2.24) is 9.97 Å². The van der Waals surface area contributed by atoms with Crippen LogP contribution in [0.1, 0.15) is 22.8 Å². The highest BCUT2D eigenvalue weighted by Gasteiger charge is 2.08. The van der Waals surface area contributed by atoms with Gasteiger partial charge in [-0.25, -0.2) is 14.8 Å². The minimum Gasteiger partial charge on any atom is -0.494 e. The van der Waals surface area contributed by atoms with Crippen molar-refractivity contribution in [3.8, 4) is 5.75 Å². The van der Waals surface area contributed by atoms with Crippen molar-refractivity contribution in [2.45, 2.75) is 13.3 Å². The van der Waals surface area contributed by atoms with Crippen LogP contribution in [0.15, 0.2) is 43.0 Å². The molecule has 1 heterocycles. The zero-order valence-electron chi connectivity index (χ0n) is 11.3. The third-order valence-electron chi connectivity index (χ3n) is 2.67. The van der Waals surface area contributed by atoms with Crippen LogP contribution < -0.4 is 4.74 Å². The van der Waals surface area contributed by atoms with Crippen molar-refractivity contribution in [3.05, 3.63) is 54.1 Å². The molecule has 0 radical (unpaired) electrons. The number of para-hydroxylation sites is 1. The lowest BCUT2D eigenvalue weighted by Gasteiger charge is -2.10.